The average Bonchev–Trinajstić information content (AvgIpc) is 2.55. The molecule has 0 aliphatic carbocycles. The Morgan fingerprint density at radius 2 is 1.96 bits per heavy atom. The Balaban J connectivity index is 2.27. The van der Waals surface area contributed by atoms with E-state index < -0.39 is 5.91 Å². The number of nitrogens with zero attached hydrogens (tertiary/aromatic N) is 1. The molecule has 0 aliphatic rings. The Kier molecular flexibility index (Phi) is 5.78. The summed E-state index contributed by atoms with van der Waals surface area (Å²) in [5, 5.41) is 12.1. The van der Waals surface area contributed by atoms with Gasteiger partial charge in [0.15, 0.2) is 0 Å². The van der Waals surface area contributed by atoms with Crippen LogP contribution in [0.25, 0.3) is 6.08 Å². The highest BCUT2D eigenvalue weighted by molar-refractivity contribution is 9.10. The average molecular weight is 385 g/mol. The molecule has 0 saturated carbocycles. The van der Waals surface area contributed by atoms with E-state index in [1.54, 1.807) is 19.2 Å². The predicted octanol–water partition coefficient (Wildman–Crippen LogP) is 4.62. The van der Waals surface area contributed by atoms with Crippen LogP contribution in [0.3, 0.4) is 0 Å². The molecule has 0 saturated heterocycles. The van der Waals surface area contributed by atoms with Gasteiger partial charge in [0, 0.05) is 10.2 Å². The Bertz CT molecular complexity index is 851. The summed E-state index contributed by atoms with van der Waals surface area (Å²) in [7, 11) is 1.56. The van der Waals surface area contributed by atoms with Gasteiger partial charge in [0.25, 0.3) is 5.91 Å². The lowest BCUT2D eigenvalue weighted by atomic mass is 10.1. The van der Waals surface area contributed by atoms with Gasteiger partial charge in [-0.25, -0.2) is 0 Å². The molecule has 0 spiro atoms. The molecule has 0 aliphatic heterocycles. The van der Waals surface area contributed by atoms with E-state index in [4.69, 9.17) is 4.74 Å². The van der Waals surface area contributed by atoms with Crippen molar-refractivity contribution in [3.8, 4) is 11.8 Å². The summed E-state index contributed by atoms with van der Waals surface area (Å²) >= 11 is 3.38. The number of carbonyl (C=O) groups excluding carboxylic acids is 1. The Hall–Kier alpha value is -2.58. The second kappa shape index (κ2) is 7.80. The number of benzene rings is 2. The van der Waals surface area contributed by atoms with Crippen LogP contribution in [0, 0.1) is 25.2 Å². The second-order valence-corrected chi connectivity index (χ2v) is 6.26. The molecule has 1 N–H and O–H groups in total. The molecule has 24 heavy (non-hydrogen) atoms. The molecule has 122 valence electrons. The van der Waals surface area contributed by atoms with E-state index in [2.05, 4.69) is 21.2 Å². The highest BCUT2D eigenvalue weighted by Gasteiger charge is 2.10. The molecule has 2 aromatic carbocycles. The summed E-state index contributed by atoms with van der Waals surface area (Å²) in [5.41, 5.74) is 3.61. The Morgan fingerprint density at radius 3 is 2.58 bits per heavy atom. The minimum atomic E-state index is -0.445. The van der Waals surface area contributed by atoms with Crippen LogP contribution in [0.4, 0.5) is 5.69 Å². The molecule has 2 rings (SSSR count). The molecule has 0 atom stereocenters. The van der Waals surface area contributed by atoms with E-state index >= 15 is 0 Å². The minimum Gasteiger partial charge on any atom is -0.497 e. The number of amides is 1. The second-order valence-electron chi connectivity index (χ2n) is 5.35. The van der Waals surface area contributed by atoms with E-state index in [1.807, 2.05) is 44.2 Å². The number of methoxy groups -OCH3 is 1. The van der Waals surface area contributed by atoms with E-state index in [-0.39, 0.29) is 5.57 Å². The number of carbonyl (C=O) groups is 1. The number of halogens is 1. The van der Waals surface area contributed by atoms with Crippen LogP contribution < -0.4 is 10.1 Å². The molecule has 4 nitrogen and oxygen atoms in total. The Morgan fingerprint density at radius 1 is 1.21 bits per heavy atom. The normalized spacial score (nSPS) is 10.9. The number of hydrogen-bond acceptors (Lipinski definition) is 3. The Labute approximate surface area is 149 Å². The highest BCUT2D eigenvalue weighted by atomic mass is 79.9. The lowest BCUT2D eigenvalue weighted by Crippen LogP contribution is -2.13. The molecule has 0 bridgehead atoms. The SMILES string of the molecule is COc1cc(Br)cc(/C=C(\C#N)C(=O)Nc2ccc(C)c(C)c2)c1. The maximum Gasteiger partial charge on any atom is 0.266 e. The van der Waals surface area contributed by atoms with Gasteiger partial charge >= 0.3 is 0 Å². The van der Waals surface area contributed by atoms with Crippen molar-refractivity contribution >= 4 is 33.6 Å². The van der Waals surface area contributed by atoms with E-state index in [0.29, 0.717) is 17.0 Å². The van der Waals surface area contributed by atoms with Gasteiger partial charge in [-0.2, -0.15) is 5.26 Å². The molecule has 0 unspecified atom stereocenters. The van der Waals surface area contributed by atoms with Gasteiger partial charge in [-0.15, -0.1) is 0 Å². The molecular formula is C19H17BrN2O2. The van der Waals surface area contributed by atoms with Gasteiger partial charge in [-0.3, -0.25) is 4.79 Å². The number of nitrogens with one attached hydrogen (secondary N) is 1. The van der Waals surface area contributed by atoms with Crippen molar-refractivity contribution in [1.82, 2.24) is 0 Å². The van der Waals surface area contributed by atoms with E-state index in [0.717, 1.165) is 15.6 Å². The molecule has 2 aromatic rings. The number of anilines is 1. The van der Waals surface area contributed by atoms with Gasteiger partial charge in [-0.1, -0.05) is 22.0 Å². The zero-order chi connectivity index (χ0) is 17.7. The topological polar surface area (TPSA) is 62.1 Å². The van der Waals surface area contributed by atoms with Crippen molar-refractivity contribution < 1.29 is 9.53 Å². The molecule has 0 fully saturated rings. The minimum absolute atomic E-state index is 0.0216. The van der Waals surface area contributed by atoms with Crippen molar-refractivity contribution in [3.05, 3.63) is 63.1 Å². The van der Waals surface area contributed by atoms with Crippen LogP contribution in [0.1, 0.15) is 16.7 Å². The number of hydrogen-bond donors (Lipinski definition) is 1. The smallest absolute Gasteiger partial charge is 0.266 e. The summed E-state index contributed by atoms with van der Waals surface area (Å²) in [5.74, 6) is 0.196. The standard InChI is InChI=1S/C19H17BrN2O2/c1-12-4-5-17(6-13(12)2)22-19(23)15(11-21)7-14-8-16(20)10-18(9-14)24-3/h4-10H,1-3H3,(H,22,23)/b15-7+. The molecular weight excluding hydrogens is 368 g/mol. The summed E-state index contributed by atoms with van der Waals surface area (Å²) in [6, 6.07) is 12.9. The first kappa shape index (κ1) is 17.8. The third-order valence-corrected chi connectivity index (χ3v) is 4.03. The quantitative estimate of drug-likeness (QED) is 0.617. The van der Waals surface area contributed by atoms with Crippen molar-refractivity contribution in [2.24, 2.45) is 0 Å². The van der Waals surface area contributed by atoms with Crippen molar-refractivity contribution in [2.45, 2.75) is 13.8 Å². The van der Waals surface area contributed by atoms with Crippen LogP contribution in [0.15, 0.2) is 46.4 Å². The summed E-state index contributed by atoms with van der Waals surface area (Å²) in [6.45, 7) is 3.97. The molecule has 1 amide bonds. The highest BCUT2D eigenvalue weighted by Crippen LogP contribution is 2.23. The van der Waals surface area contributed by atoms with E-state index in [1.165, 1.54) is 6.08 Å². The largest absolute Gasteiger partial charge is 0.497 e. The lowest BCUT2D eigenvalue weighted by molar-refractivity contribution is -0.112. The summed E-state index contributed by atoms with van der Waals surface area (Å²) < 4.78 is 5.99. The lowest BCUT2D eigenvalue weighted by Gasteiger charge is -2.07. The zero-order valence-electron chi connectivity index (χ0n) is 13.7. The van der Waals surface area contributed by atoms with Crippen molar-refractivity contribution in [2.75, 3.05) is 12.4 Å². The molecule has 0 heterocycles. The van der Waals surface area contributed by atoms with E-state index in [9.17, 15) is 10.1 Å². The number of ether oxygens (including phenoxy) is 1. The van der Waals surface area contributed by atoms with Gasteiger partial charge in [-0.05, 0) is 66.9 Å². The van der Waals surface area contributed by atoms with Crippen LogP contribution in [0.2, 0.25) is 0 Å². The molecule has 0 aromatic heterocycles. The molecule has 0 radical (unpaired) electrons. The first-order valence-electron chi connectivity index (χ1n) is 7.28. The van der Waals surface area contributed by atoms with Crippen LogP contribution in [0.5, 0.6) is 5.75 Å². The molecule has 5 heteroatoms. The third kappa shape index (κ3) is 4.46. The van der Waals surface area contributed by atoms with Gasteiger partial charge in [0.2, 0.25) is 0 Å². The van der Waals surface area contributed by atoms with Gasteiger partial charge < -0.3 is 10.1 Å². The van der Waals surface area contributed by atoms with Crippen molar-refractivity contribution in [1.29, 1.82) is 5.26 Å². The maximum atomic E-state index is 12.3. The third-order valence-electron chi connectivity index (χ3n) is 3.57. The van der Waals surface area contributed by atoms with Crippen LogP contribution in [-0.2, 0) is 4.79 Å². The first-order valence-corrected chi connectivity index (χ1v) is 8.07. The monoisotopic (exact) mass is 384 g/mol. The summed E-state index contributed by atoms with van der Waals surface area (Å²) in [4.78, 5) is 12.3. The fraction of sp³-hybridized carbons (Fsp3) is 0.158. The zero-order valence-corrected chi connectivity index (χ0v) is 15.3. The van der Waals surface area contributed by atoms with Gasteiger partial charge in [0.05, 0.1) is 7.11 Å². The van der Waals surface area contributed by atoms with Gasteiger partial charge in [0.1, 0.15) is 17.4 Å². The fourth-order valence-corrected chi connectivity index (χ4v) is 2.61. The van der Waals surface area contributed by atoms with Crippen LogP contribution in [-0.4, -0.2) is 13.0 Å². The van der Waals surface area contributed by atoms with Crippen molar-refractivity contribution in [3.63, 3.8) is 0 Å². The number of rotatable bonds is 4. The predicted molar refractivity (Wildman–Crippen MR) is 98.8 cm³/mol. The fourth-order valence-electron chi connectivity index (χ4n) is 2.12. The number of nitriles is 1. The maximum absolute atomic E-state index is 12.3. The number of aryl methyl sites for hydroxylation is 2. The first-order chi connectivity index (χ1) is 11.4. The summed E-state index contributed by atoms with van der Waals surface area (Å²) in [6.07, 6.45) is 1.53. The van der Waals surface area contributed by atoms with Crippen LogP contribution >= 0.6 is 15.9 Å².